The predicted molar refractivity (Wildman–Crippen MR) is 84.4 cm³/mol. The Kier molecular flexibility index (Phi) is 5.47. The van der Waals surface area contributed by atoms with Gasteiger partial charge >= 0.3 is 0 Å². The molecule has 1 saturated heterocycles. The van der Waals surface area contributed by atoms with Crippen molar-refractivity contribution in [2.24, 2.45) is 5.92 Å². The second-order valence-corrected chi connectivity index (χ2v) is 6.68. The molecule has 1 aromatic heterocycles. The summed E-state index contributed by atoms with van der Waals surface area (Å²) in [5.74, 6) is 1.23. The van der Waals surface area contributed by atoms with Gasteiger partial charge in [-0.1, -0.05) is 25.4 Å². The zero-order valence-corrected chi connectivity index (χ0v) is 13.6. The van der Waals surface area contributed by atoms with E-state index >= 15 is 0 Å². The van der Waals surface area contributed by atoms with E-state index in [0.29, 0.717) is 29.7 Å². The molecular weight excluding hydrogens is 310 g/mol. The summed E-state index contributed by atoms with van der Waals surface area (Å²) in [4.78, 5) is 30.2. The molecule has 1 aliphatic heterocycles. The van der Waals surface area contributed by atoms with E-state index in [0.717, 1.165) is 0 Å². The number of carbonyl (C=O) groups excluding carboxylic acids is 2. The van der Waals surface area contributed by atoms with Crippen molar-refractivity contribution in [1.29, 1.82) is 0 Å². The molecule has 0 aromatic carbocycles. The van der Waals surface area contributed by atoms with Crippen molar-refractivity contribution in [3.05, 3.63) is 29.0 Å². The smallest absolute Gasteiger partial charge is 0.255 e. The normalized spacial score (nSPS) is 18.1. The van der Waals surface area contributed by atoms with Crippen LogP contribution < -0.4 is 5.32 Å². The lowest BCUT2D eigenvalue weighted by molar-refractivity contribution is -0.124. The standard InChI is InChI=1S/C14H18ClN3O2S/c1-9(2)6-17-13(19)11-7-21-8-18(11)14(20)10-3-4-16-12(15)5-10/h3-5,9,11H,6-8H2,1-2H3,(H,17,19). The van der Waals surface area contributed by atoms with Crippen LogP contribution in [0.25, 0.3) is 0 Å². The summed E-state index contributed by atoms with van der Waals surface area (Å²) < 4.78 is 0. The molecule has 7 heteroatoms. The maximum atomic E-state index is 12.5. The topological polar surface area (TPSA) is 62.3 Å². The van der Waals surface area contributed by atoms with Crippen LogP contribution in [0, 0.1) is 5.92 Å². The van der Waals surface area contributed by atoms with Crippen molar-refractivity contribution >= 4 is 35.2 Å². The molecule has 1 fully saturated rings. The molecule has 0 aliphatic carbocycles. The first-order valence-corrected chi connectivity index (χ1v) is 8.30. The number of halogens is 1. The minimum absolute atomic E-state index is 0.0952. The number of thioether (sulfide) groups is 1. The van der Waals surface area contributed by atoms with E-state index in [1.165, 1.54) is 12.3 Å². The van der Waals surface area contributed by atoms with Gasteiger partial charge in [-0.3, -0.25) is 9.59 Å². The quantitative estimate of drug-likeness (QED) is 0.859. The maximum absolute atomic E-state index is 12.5. The molecule has 0 radical (unpaired) electrons. The average Bonchev–Trinajstić information content (AvgIpc) is 2.93. The molecule has 114 valence electrons. The van der Waals surface area contributed by atoms with Crippen molar-refractivity contribution in [3.8, 4) is 0 Å². The molecule has 2 rings (SSSR count). The van der Waals surface area contributed by atoms with Gasteiger partial charge in [-0.15, -0.1) is 11.8 Å². The number of aromatic nitrogens is 1. The zero-order chi connectivity index (χ0) is 15.4. The number of nitrogens with one attached hydrogen (secondary N) is 1. The molecule has 1 N–H and O–H groups in total. The molecule has 2 amide bonds. The van der Waals surface area contributed by atoms with Crippen molar-refractivity contribution in [1.82, 2.24) is 15.2 Å². The minimum atomic E-state index is -0.423. The average molecular weight is 328 g/mol. The molecule has 1 aromatic rings. The number of rotatable bonds is 4. The monoisotopic (exact) mass is 327 g/mol. The third-order valence-electron chi connectivity index (χ3n) is 3.10. The molecule has 0 spiro atoms. The number of amides is 2. The molecule has 1 aliphatic rings. The number of hydrogen-bond donors (Lipinski definition) is 1. The van der Waals surface area contributed by atoms with Crippen LogP contribution in [0.5, 0.6) is 0 Å². The highest BCUT2D eigenvalue weighted by atomic mass is 35.5. The molecule has 1 atom stereocenters. The van der Waals surface area contributed by atoms with E-state index < -0.39 is 6.04 Å². The highest BCUT2D eigenvalue weighted by Crippen LogP contribution is 2.23. The van der Waals surface area contributed by atoms with Crippen LogP contribution in [0.3, 0.4) is 0 Å². The molecule has 0 saturated carbocycles. The highest BCUT2D eigenvalue weighted by Gasteiger charge is 2.35. The van der Waals surface area contributed by atoms with Crippen LogP contribution in [-0.4, -0.2) is 45.9 Å². The van der Waals surface area contributed by atoms with Gasteiger partial charge in [-0.05, 0) is 18.1 Å². The van der Waals surface area contributed by atoms with Gasteiger partial charge in [-0.2, -0.15) is 0 Å². The third-order valence-corrected chi connectivity index (χ3v) is 4.32. The van der Waals surface area contributed by atoms with Gasteiger partial charge in [0.1, 0.15) is 11.2 Å². The fourth-order valence-corrected chi connectivity index (χ4v) is 3.31. The zero-order valence-electron chi connectivity index (χ0n) is 12.0. The maximum Gasteiger partial charge on any atom is 0.255 e. The van der Waals surface area contributed by atoms with Crippen LogP contribution in [-0.2, 0) is 4.79 Å². The Morgan fingerprint density at radius 2 is 2.33 bits per heavy atom. The van der Waals surface area contributed by atoms with E-state index in [1.54, 1.807) is 22.7 Å². The molecule has 0 bridgehead atoms. The molecule has 5 nitrogen and oxygen atoms in total. The lowest BCUT2D eigenvalue weighted by Crippen LogP contribution is -2.47. The van der Waals surface area contributed by atoms with Crippen molar-refractivity contribution < 1.29 is 9.59 Å². The summed E-state index contributed by atoms with van der Waals surface area (Å²) in [5.41, 5.74) is 0.458. The van der Waals surface area contributed by atoms with Gasteiger partial charge in [0, 0.05) is 24.1 Å². The summed E-state index contributed by atoms with van der Waals surface area (Å²) >= 11 is 7.39. The summed E-state index contributed by atoms with van der Waals surface area (Å²) in [6, 6.07) is 2.71. The Morgan fingerprint density at radius 1 is 1.57 bits per heavy atom. The number of nitrogens with zero attached hydrogens (tertiary/aromatic N) is 2. The predicted octanol–water partition coefficient (Wildman–Crippen LogP) is 2.02. The van der Waals surface area contributed by atoms with Gasteiger partial charge in [-0.25, -0.2) is 4.98 Å². The first-order chi connectivity index (χ1) is 9.99. The molecule has 21 heavy (non-hydrogen) atoms. The lowest BCUT2D eigenvalue weighted by Gasteiger charge is -2.23. The Balaban J connectivity index is 2.07. The first-order valence-electron chi connectivity index (χ1n) is 6.77. The van der Waals surface area contributed by atoms with Crippen LogP contribution in [0.15, 0.2) is 18.3 Å². The second-order valence-electron chi connectivity index (χ2n) is 5.30. The molecule has 2 heterocycles. The second kappa shape index (κ2) is 7.13. The Morgan fingerprint density at radius 3 is 3.00 bits per heavy atom. The highest BCUT2D eigenvalue weighted by molar-refractivity contribution is 7.99. The number of carbonyl (C=O) groups is 2. The fraction of sp³-hybridized carbons (Fsp3) is 0.500. The van der Waals surface area contributed by atoms with E-state index in [4.69, 9.17) is 11.6 Å². The van der Waals surface area contributed by atoms with Crippen LogP contribution in [0.1, 0.15) is 24.2 Å². The van der Waals surface area contributed by atoms with Gasteiger partial charge in [0.25, 0.3) is 5.91 Å². The summed E-state index contributed by atoms with van der Waals surface area (Å²) in [6.07, 6.45) is 1.49. The van der Waals surface area contributed by atoms with Crippen molar-refractivity contribution in [2.75, 3.05) is 18.2 Å². The van der Waals surface area contributed by atoms with E-state index in [1.807, 2.05) is 13.8 Å². The van der Waals surface area contributed by atoms with Crippen LogP contribution in [0.2, 0.25) is 5.15 Å². The van der Waals surface area contributed by atoms with Gasteiger partial charge < -0.3 is 10.2 Å². The van der Waals surface area contributed by atoms with Gasteiger partial charge in [0.2, 0.25) is 5.91 Å². The van der Waals surface area contributed by atoms with Crippen molar-refractivity contribution in [2.45, 2.75) is 19.9 Å². The van der Waals surface area contributed by atoms with E-state index in [9.17, 15) is 9.59 Å². The van der Waals surface area contributed by atoms with Crippen LogP contribution in [0.4, 0.5) is 0 Å². The van der Waals surface area contributed by atoms with E-state index in [2.05, 4.69) is 10.3 Å². The Bertz CT molecular complexity index is 539. The summed E-state index contributed by atoms with van der Waals surface area (Å²) in [6.45, 7) is 4.68. The largest absolute Gasteiger partial charge is 0.354 e. The summed E-state index contributed by atoms with van der Waals surface area (Å²) in [7, 11) is 0. The van der Waals surface area contributed by atoms with Crippen molar-refractivity contribution in [3.63, 3.8) is 0 Å². The Labute approximate surface area is 133 Å². The SMILES string of the molecule is CC(C)CNC(=O)C1CSCN1C(=O)c1ccnc(Cl)c1. The molecule has 1 unspecified atom stereocenters. The fourth-order valence-electron chi connectivity index (χ4n) is 1.98. The summed E-state index contributed by atoms with van der Waals surface area (Å²) in [5, 5.41) is 3.16. The number of hydrogen-bond acceptors (Lipinski definition) is 4. The first kappa shape index (κ1) is 16.1. The van der Waals surface area contributed by atoms with Gasteiger partial charge in [0.05, 0.1) is 5.88 Å². The Hall–Kier alpha value is -1.27. The molecular formula is C14H18ClN3O2S. The number of pyridine rings is 1. The minimum Gasteiger partial charge on any atom is -0.354 e. The lowest BCUT2D eigenvalue weighted by atomic mass is 10.2. The van der Waals surface area contributed by atoms with Gasteiger partial charge in [0.15, 0.2) is 0 Å². The third kappa shape index (κ3) is 4.11. The van der Waals surface area contributed by atoms with Crippen LogP contribution >= 0.6 is 23.4 Å². The van der Waals surface area contributed by atoms with E-state index in [-0.39, 0.29) is 17.0 Å².